The molecule has 0 radical (unpaired) electrons. The normalized spacial score (nSPS) is 3.69. The zero-order chi connectivity index (χ0) is 10.8. The van der Waals surface area contributed by atoms with Crippen LogP contribution in [0.3, 0.4) is 0 Å². The molecule has 0 rings (SSSR count). The molecular weight excluding hydrogens is 414 g/mol. The number of hydrogen-bond donors (Lipinski definition) is 0. The summed E-state index contributed by atoms with van der Waals surface area (Å²) in [5.74, 6) is 0. The molecule has 13 heavy (non-hydrogen) atoms. The van der Waals surface area contributed by atoms with Gasteiger partial charge in [0.15, 0.2) is 0 Å². The van der Waals surface area contributed by atoms with Crippen LogP contribution in [0.4, 0.5) is 0 Å². The first kappa shape index (κ1) is 29.7. The van der Waals surface area contributed by atoms with Crippen molar-refractivity contribution < 1.29 is 70.7 Å². The van der Waals surface area contributed by atoms with Crippen LogP contribution in [0.5, 0.6) is 0 Å². The molecule has 0 N–H and O–H groups in total. The number of carbonyl (C=O) groups excluding carboxylic acids is 4. The molecule has 0 saturated heterocycles. The van der Waals surface area contributed by atoms with Crippen LogP contribution in [-0.4, -0.2) is 25.9 Å². The molecule has 0 heterocycles. The quantitative estimate of drug-likeness (QED) is 0.351. The Morgan fingerprint density at radius 2 is 0.538 bits per heavy atom. The molecule has 9 heteroatoms. The molecule has 0 atom stereocenters. The van der Waals surface area contributed by atoms with Crippen LogP contribution in [-0.2, 0) is 19.2 Å². The maximum atomic E-state index is 8.25. The van der Waals surface area contributed by atoms with Gasteiger partial charge in [-0.15, -0.1) is 0 Å². The third-order valence-corrected chi connectivity index (χ3v) is 0. The van der Waals surface area contributed by atoms with Gasteiger partial charge < -0.3 is 39.6 Å². The van der Waals surface area contributed by atoms with E-state index >= 15 is 0 Å². The molecule has 0 bridgehead atoms. The van der Waals surface area contributed by atoms with Gasteiger partial charge in [-0.1, -0.05) is 0 Å². The minimum absolute atomic E-state index is 0. The van der Waals surface area contributed by atoms with E-state index in [4.69, 9.17) is 39.6 Å². The molecule has 0 aliphatic heterocycles. The molecule has 0 aromatic carbocycles. The van der Waals surface area contributed by atoms with Crippen LogP contribution in [0.1, 0.15) is 0 Å². The first-order chi connectivity index (χ1) is 5.66. The van der Waals surface area contributed by atoms with Crippen LogP contribution in [0, 0.1) is 31.1 Å². The molecule has 0 unspecified atom stereocenters. The molecule has 0 spiro atoms. The maximum absolute atomic E-state index is 8.25. The van der Waals surface area contributed by atoms with Crippen molar-refractivity contribution in [3.05, 3.63) is 0 Å². The van der Waals surface area contributed by atoms with E-state index in [2.05, 4.69) is 0 Å². The first-order valence-electron chi connectivity index (χ1n) is 1.89. The summed E-state index contributed by atoms with van der Waals surface area (Å²) in [5, 5.41) is 33.0. The van der Waals surface area contributed by atoms with Gasteiger partial charge in [0.2, 0.25) is 0 Å². The van der Waals surface area contributed by atoms with Crippen molar-refractivity contribution in [2.24, 2.45) is 0 Å². The minimum Gasteiger partial charge on any atom is -0.554 e. The average molecular weight is 418 g/mol. The number of hydrogen-bond acceptors (Lipinski definition) is 8. The molecule has 0 aliphatic rings. The third kappa shape index (κ3) is 765. The van der Waals surface area contributed by atoms with E-state index in [1.807, 2.05) is 0 Å². The Morgan fingerprint density at radius 1 is 0.538 bits per heavy atom. The molecule has 0 amide bonds. The van der Waals surface area contributed by atoms with Gasteiger partial charge >= 0.3 is 31.1 Å². The Kier molecular flexibility index (Phi) is 286. The van der Waals surface area contributed by atoms with Gasteiger partial charge in [0.1, 0.15) is 0 Å². The van der Waals surface area contributed by atoms with E-state index in [0.717, 1.165) is 0 Å². The molecule has 72 valence electrons. The number of carboxylic acid groups (broad SMARTS) is 4. The maximum Gasteiger partial charge on any atom is 4.00 e. The fourth-order valence-electron chi connectivity index (χ4n) is 0. The van der Waals surface area contributed by atoms with Gasteiger partial charge in [-0.2, -0.15) is 0 Å². The smallest absolute Gasteiger partial charge is 0.554 e. The Bertz CT molecular complexity index is 70.1. The van der Waals surface area contributed by atoms with Gasteiger partial charge in [-0.25, -0.2) is 0 Å². The van der Waals surface area contributed by atoms with Crippen LogP contribution in [0.25, 0.3) is 0 Å². The van der Waals surface area contributed by atoms with Gasteiger partial charge in [-0.3, -0.25) is 0 Å². The molecule has 0 aromatic rings. The zero-order valence-corrected chi connectivity index (χ0v) is 10.2. The Morgan fingerprint density at radius 3 is 0.538 bits per heavy atom. The SMILES string of the molecule is O=C[O-].O=C[O-].O=C[O-].O=C[O-].[U+4]. The summed E-state index contributed by atoms with van der Waals surface area (Å²) in [6.45, 7) is -2.00. The predicted octanol–water partition coefficient (Wildman–Crippen LogP) is -6.54. The predicted molar refractivity (Wildman–Crippen MR) is 24.3 cm³/mol. The molecule has 0 fully saturated rings. The fourth-order valence-corrected chi connectivity index (χ4v) is 0. The molecule has 0 aliphatic carbocycles. The van der Waals surface area contributed by atoms with Crippen molar-refractivity contribution in [3.8, 4) is 0 Å². The van der Waals surface area contributed by atoms with Crippen molar-refractivity contribution >= 4 is 25.9 Å². The topological polar surface area (TPSA) is 161 Å². The zero-order valence-electron chi connectivity index (χ0n) is 6.08. The van der Waals surface area contributed by atoms with E-state index in [-0.39, 0.29) is 31.1 Å². The summed E-state index contributed by atoms with van der Waals surface area (Å²) in [7, 11) is 0. The summed E-state index contributed by atoms with van der Waals surface area (Å²) in [6.07, 6.45) is 0. The van der Waals surface area contributed by atoms with Crippen molar-refractivity contribution in [3.63, 3.8) is 0 Å². The summed E-state index contributed by atoms with van der Waals surface area (Å²) in [6, 6.07) is 0. The van der Waals surface area contributed by atoms with E-state index in [9.17, 15) is 0 Å². The summed E-state index contributed by atoms with van der Waals surface area (Å²) in [4.78, 5) is 33.0. The van der Waals surface area contributed by atoms with Crippen molar-refractivity contribution in [2.75, 3.05) is 0 Å². The summed E-state index contributed by atoms with van der Waals surface area (Å²) >= 11 is 0. The van der Waals surface area contributed by atoms with Gasteiger partial charge in [0.25, 0.3) is 0 Å². The van der Waals surface area contributed by atoms with Crippen LogP contribution < -0.4 is 20.4 Å². The van der Waals surface area contributed by atoms with Crippen LogP contribution >= 0.6 is 0 Å². The Labute approximate surface area is 96.6 Å². The van der Waals surface area contributed by atoms with E-state index in [0.29, 0.717) is 0 Å². The largest absolute Gasteiger partial charge is 4.00 e. The Balaban J connectivity index is -0.0000000213. The number of rotatable bonds is 0. The summed E-state index contributed by atoms with van der Waals surface area (Å²) < 4.78 is 0. The van der Waals surface area contributed by atoms with E-state index < -0.39 is 25.9 Å². The second-order valence-electron chi connectivity index (χ2n) is 0.385. The van der Waals surface area contributed by atoms with E-state index in [1.54, 1.807) is 0 Å². The van der Waals surface area contributed by atoms with Gasteiger partial charge in [-0.05, 0) is 0 Å². The molecule has 0 aromatic heterocycles. The third-order valence-electron chi connectivity index (χ3n) is 0. The average Bonchev–Trinajstić information content (AvgIpc) is 1.92. The Hall–Kier alpha value is -1.07. The monoisotopic (exact) mass is 418 g/mol. The minimum atomic E-state index is -0.500. The standard InChI is InChI=1S/4CH2O2.U/c4*2-1-3;/h4*1H,(H,2,3);/q;;;;+4/p-4. The van der Waals surface area contributed by atoms with E-state index in [1.165, 1.54) is 0 Å². The second kappa shape index (κ2) is 125. The van der Waals surface area contributed by atoms with Gasteiger partial charge in [0, 0.05) is 25.9 Å². The second-order valence-corrected chi connectivity index (χ2v) is 0.385. The van der Waals surface area contributed by atoms with Crippen LogP contribution in [0.2, 0.25) is 0 Å². The van der Waals surface area contributed by atoms with Gasteiger partial charge in [0.05, 0.1) is 0 Å². The number of carbonyl (C=O) groups is 4. The fraction of sp³-hybridized carbons (Fsp3) is 0. The van der Waals surface area contributed by atoms with Crippen LogP contribution in [0.15, 0.2) is 0 Å². The van der Waals surface area contributed by atoms with Crippen molar-refractivity contribution in [2.45, 2.75) is 0 Å². The van der Waals surface area contributed by atoms with Crippen molar-refractivity contribution in [1.29, 1.82) is 0 Å². The summed E-state index contributed by atoms with van der Waals surface area (Å²) in [5.41, 5.74) is 0. The molecule has 8 nitrogen and oxygen atoms in total. The van der Waals surface area contributed by atoms with Crippen molar-refractivity contribution in [1.82, 2.24) is 0 Å². The first-order valence-corrected chi connectivity index (χ1v) is 1.89. The molecular formula is C4H4O8U. The molecule has 0 saturated carbocycles.